The summed E-state index contributed by atoms with van der Waals surface area (Å²) in [5.74, 6) is 1.04. The minimum atomic E-state index is -0.837. The number of fused-ring (bicyclic) bond motifs is 1. The van der Waals surface area contributed by atoms with Gasteiger partial charge in [-0.1, -0.05) is 30.3 Å². The van der Waals surface area contributed by atoms with Crippen molar-refractivity contribution in [3.8, 4) is 17.5 Å². The SMILES string of the molecule is CC1(C)OC(=O)c2ccc(Nc3cc(NC(CO)c4ccccc4)c(-c4nnc(C5(C#N)CC5)o4)cn3)nc21. The van der Waals surface area contributed by atoms with E-state index in [2.05, 4.69) is 36.9 Å². The number of cyclic esters (lactones) is 1. The number of anilines is 3. The number of carbonyl (C=O) groups is 1. The van der Waals surface area contributed by atoms with Crippen molar-refractivity contribution >= 4 is 23.3 Å². The van der Waals surface area contributed by atoms with Crippen molar-refractivity contribution in [3.63, 3.8) is 0 Å². The summed E-state index contributed by atoms with van der Waals surface area (Å²) in [6.45, 7) is 3.41. The molecule has 39 heavy (non-hydrogen) atoms. The molecule has 11 nitrogen and oxygen atoms in total. The van der Waals surface area contributed by atoms with Gasteiger partial charge < -0.3 is 24.9 Å². The second kappa shape index (κ2) is 9.18. The first-order valence-electron chi connectivity index (χ1n) is 12.5. The predicted octanol–water partition coefficient (Wildman–Crippen LogP) is 4.38. The Hall–Kier alpha value is -4.82. The first-order valence-corrected chi connectivity index (χ1v) is 12.5. The number of aromatic nitrogens is 4. The zero-order valence-electron chi connectivity index (χ0n) is 21.3. The molecule has 4 aromatic rings. The number of nitrogens with one attached hydrogen (secondary N) is 2. The third-order valence-electron chi connectivity index (χ3n) is 6.94. The highest BCUT2D eigenvalue weighted by molar-refractivity contribution is 5.94. The summed E-state index contributed by atoms with van der Waals surface area (Å²) in [7, 11) is 0. The van der Waals surface area contributed by atoms with Crippen molar-refractivity contribution in [1.29, 1.82) is 5.26 Å². The molecule has 4 heterocycles. The molecule has 3 aromatic heterocycles. The topological polar surface area (TPSA) is 159 Å². The van der Waals surface area contributed by atoms with Crippen LogP contribution >= 0.6 is 0 Å². The second-order valence-corrected chi connectivity index (χ2v) is 10.1. The van der Waals surface area contributed by atoms with Crippen LogP contribution in [-0.2, 0) is 15.8 Å². The van der Waals surface area contributed by atoms with Gasteiger partial charge in [0.25, 0.3) is 5.89 Å². The third-order valence-corrected chi connectivity index (χ3v) is 6.94. The van der Waals surface area contributed by atoms with Crippen molar-refractivity contribution in [3.05, 3.63) is 77.4 Å². The summed E-state index contributed by atoms with van der Waals surface area (Å²) in [6.07, 6.45) is 2.94. The van der Waals surface area contributed by atoms with Crippen LogP contribution in [0.5, 0.6) is 0 Å². The number of aliphatic hydroxyl groups is 1. The Bertz CT molecular complexity index is 1610. The highest BCUT2D eigenvalue weighted by atomic mass is 16.6. The lowest BCUT2D eigenvalue weighted by Gasteiger charge is -2.20. The number of carbonyl (C=O) groups excluding carboxylic acids is 1. The summed E-state index contributed by atoms with van der Waals surface area (Å²) < 4.78 is 11.3. The normalized spacial score (nSPS) is 17.0. The highest BCUT2D eigenvalue weighted by Gasteiger charge is 2.50. The standard InChI is InChI=1S/C28H25N7O4/c1-27(2)23-17(25(37)39-27)8-9-21(33-23)32-22-12-19(31-20(14-36)16-6-4-3-5-7-16)18(13-30-22)24-34-35-26(38-24)28(15-29)10-11-28/h3-9,12-13,20,36H,10-11,14H2,1-2H3,(H2,30,31,32,33). The molecule has 1 aromatic carbocycles. The van der Waals surface area contributed by atoms with Crippen LogP contribution < -0.4 is 10.6 Å². The van der Waals surface area contributed by atoms with E-state index >= 15 is 0 Å². The Balaban J connectivity index is 1.36. The third kappa shape index (κ3) is 4.45. The van der Waals surface area contributed by atoms with Crippen LogP contribution in [0, 0.1) is 11.3 Å². The van der Waals surface area contributed by atoms with Gasteiger partial charge in [-0.15, -0.1) is 10.2 Å². The smallest absolute Gasteiger partial charge is 0.341 e. The Kier molecular flexibility index (Phi) is 5.77. The van der Waals surface area contributed by atoms with Crippen LogP contribution in [0.25, 0.3) is 11.5 Å². The molecular formula is C28H25N7O4. The quantitative estimate of drug-likeness (QED) is 0.281. The van der Waals surface area contributed by atoms with Gasteiger partial charge in [-0.05, 0) is 44.4 Å². The van der Waals surface area contributed by atoms with E-state index < -0.39 is 23.0 Å². The molecule has 1 saturated carbocycles. The number of nitriles is 1. The van der Waals surface area contributed by atoms with Crippen molar-refractivity contribution in [2.75, 3.05) is 17.2 Å². The van der Waals surface area contributed by atoms with Gasteiger partial charge in [0.15, 0.2) is 0 Å². The van der Waals surface area contributed by atoms with Crippen LogP contribution in [0.2, 0.25) is 0 Å². The average molecular weight is 524 g/mol. The van der Waals surface area contributed by atoms with Crippen LogP contribution in [0.15, 0.2) is 59.1 Å². The fraction of sp³-hybridized carbons (Fsp3) is 0.286. The van der Waals surface area contributed by atoms with E-state index in [1.807, 2.05) is 30.3 Å². The van der Waals surface area contributed by atoms with Crippen LogP contribution in [0.4, 0.5) is 17.3 Å². The van der Waals surface area contributed by atoms with Crippen molar-refractivity contribution in [2.45, 2.75) is 43.7 Å². The van der Waals surface area contributed by atoms with Gasteiger partial charge in [0.05, 0.1) is 35.5 Å². The molecule has 0 radical (unpaired) electrons. The molecule has 0 amide bonds. The van der Waals surface area contributed by atoms with E-state index in [0.717, 1.165) is 5.56 Å². The Morgan fingerprint density at radius 3 is 2.62 bits per heavy atom. The number of aliphatic hydroxyl groups excluding tert-OH is 1. The molecule has 1 aliphatic carbocycles. The Labute approximate surface area is 223 Å². The molecule has 1 fully saturated rings. The minimum absolute atomic E-state index is 0.170. The van der Waals surface area contributed by atoms with Gasteiger partial charge >= 0.3 is 5.97 Å². The first kappa shape index (κ1) is 24.5. The molecule has 0 spiro atoms. The largest absolute Gasteiger partial charge is 0.449 e. The monoisotopic (exact) mass is 523 g/mol. The van der Waals surface area contributed by atoms with Crippen molar-refractivity contribution in [1.82, 2.24) is 20.2 Å². The van der Waals surface area contributed by atoms with Gasteiger partial charge in [-0.25, -0.2) is 14.8 Å². The number of benzene rings is 1. The maximum absolute atomic E-state index is 12.1. The van der Waals surface area contributed by atoms with E-state index in [9.17, 15) is 15.2 Å². The number of hydrogen-bond acceptors (Lipinski definition) is 11. The fourth-order valence-electron chi connectivity index (χ4n) is 4.56. The molecule has 1 atom stereocenters. The van der Waals surface area contributed by atoms with Gasteiger partial charge in [-0.2, -0.15) is 5.26 Å². The molecule has 3 N–H and O–H groups in total. The van der Waals surface area contributed by atoms with Crippen molar-refractivity contribution < 1.29 is 19.1 Å². The summed E-state index contributed by atoms with van der Waals surface area (Å²) in [5, 5.41) is 34.6. The molecule has 2 aliphatic rings. The van der Waals surface area contributed by atoms with Gasteiger partial charge in [0, 0.05) is 12.3 Å². The van der Waals surface area contributed by atoms with E-state index in [1.54, 1.807) is 38.2 Å². The predicted molar refractivity (Wildman–Crippen MR) is 140 cm³/mol. The van der Waals surface area contributed by atoms with Gasteiger partial charge in [0.2, 0.25) is 5.89 Å². The van der Waals surface area contributed by atoms with E-state index in [0.29, 0.717) is 47.0 Å². The summed E-state index contributed by atoms with van der Waals surface area (Å²) in [5.41, 5.74) is 1.40. The minimum Gasteiger partial charge on any atom is -0.449 e. The number of pyridine rings is 2. The number of nitrogens with zero attached hydrogens (tertiary/aromatic N) is 5. The maximum Gasteiger partial charge on any atom is 0.341 e. The molecule has 0 saturated heterocycles. The van der Waals surface area contributed by atoms with Crippen LogP contribution in [0.3, 0.4) is 0 Å². The lowest BCUT2D eigenvalue weighted by atomic mass is 10.0. The fourth-order valence-corrected chi connectivity index (χ4v) is 4.56. The van der Waals surface area contributed by atoms with Crippen LogP contribution in [-0.4, -0.2) is 37.8 Å². The molecule has 1 aliphatic heterocycles. The van der Waals surface area contributed by atoms with E-state index in [4.69, 9.17) is 9.15 Å². The summed E-state index contributed by atoms with van der Waals surface area (Å²) >= 11 is 0. The van der Waals surface area contributed by atoms with E-state index in [-0.39, 0.29) is 18.4 Å². The highest BCUT2D eigenvalue weighted by Crippen LogP contribution is 2.47. The number of rotatable bonds is 8. The van der Waals surface area contributed by atoms with Gasteiger partial charge in [0.1, 0.15) is 28.3 Å². The number of ether oxygens (including phenoxy) is 1. The van der Waals surface area contributed by atoms with Gasteiger partial charge in [-0.3, -0.25) is 0 Å². The molecule has 1 unspecified atom stereocenters. The second-order valence-electron chi connectivity index (χ2n) is 10.1. The molecular weight excluding hydrogens is 498 g/mol. The van der Waals surface area contributed by atoms with Crippen LogP contribution in [0.1, 0.15) is 60.2 Å². The lowest BCUT2D eigenvalue weighted by Crippen LogP contribution is -2.18. The molecule has 0 bridgehead atoms. The first-order chi connectivity index (χ1) is 18.8. The Morgan fingerprint density at radius 1 is 1.10 bits per heavy atom. The summed E-state index contributed by atoms with van der Waals surface area (Å²) in [4.78, 5) is 21.3. The zero-order chi connectivity index (χ0) is 27.2. The number of hydrogen-bond donors (Lipinski definition) is 3. The van der Waals surface area contributed by atoms with E-state index in [1.165, 1.54) is 0 Å². The average Bonchev–Trinajstić information content (AvgIpc) is 3.52. The van der Waals surface area contributed by atoms with Crippen molar-refractivity contribution in [2.24, 2.45) is 0 Å². The molecule has 6 rings (SSSR count). The molecule has 196 valence electrons. The maximum atomic E-state index is 12.1. The number of esters is 1. The zero-order valence-corrected chi connectivity index (χ0v) is 21.3. The lowest BCUT2D eigenvalue weighted by molar-refractivity contribution is 0.00834. The Morgan fingerprint density at radius 2 is 1.90 bits per heavy atom. The summed E-state index contributed by atoms with van der Waals surface area (Å²) in [6, 6.07) is 16.5. The molecule has 11 heteroatoms.